The fraction of sp³-hybridized carbons (Fsp3) is 0.476. The van der Waals surface area contributed by atoms with Gasteiger partial charge in [-0.2, -0.15) is 0 Å². The number of aromatic nitrogens is 2. The summed E-state index contributed by atoms with van der Waals surface area (Å²) in [6.07, 6.45) is 3.80. The minimum absolute atomic E-state index is 0.124. The third kappa shape index (κ3) is 5.04. The fourth-order valence-electron chi connectivity index (χ4n) is 3.65. The van der Waals surface area contributed by atoms with Crippen molar-refractivity contribution >= 4 is 11.7 Å². The van der Waals surface area contributed by atoms with Crippen molar-refractivity contribution in [3.8, 4) is 0 Å². The molecule has 1 fully saturated rings. The first-order valence-corrected chi connectivity index (χ1v) is 9.74. The quantitative estimate of drug-likeness (QED) is 0.793. The Labute approximate surface area is 165 Å². The lowest BCUT2D eigenvalue weighted by molar-refractivity contribution is -0.134. The number of carbonyl (C=O) groups excluding carboxylic acids is 1. The van der Waals surface area contributed by atoms with Crippen LogP contribution < -0.4 is 5.73 Å². The van der Waals surface area contributed by atoms with Crippen LogP contribution in [-0.4, -0.2) is 51.9 Å². The van der Waals surface area contributed by atoms with E-state index in [0.29, 0.717) is 43.1 Å². The molecule has 0 radical (unpaired) electrons. The predicted molar refractivity (Wildman–Crippen MR) is 107 cm³/mol. The van der Waals surface area contributed by atoms with Crippen molar-refractivity contribution < 1.29 is 9.18 Å². The summed E-state index contributed by atoms with van der Waals surface area (Å²) < 4.78 is 13.8. The van der Waals surface area contributed by atoms with Gasteiger partial charge in [0.15, 0.2) is 0 Å². The van der Waals surface area contributed by atoms with Gasteiger partial charge in [0, 0.05) is 31.2 Å². The number of benzene rings is 1. The number of carbonyl (C=O) groups is 1. The van der Waals surface area contributed by atoms with Crippen molar-refractivity contribution in [3.05, 3.63) is 53.7 Å². The van der Waals surface area contributed by atoms with E-state index in [1.54, 1.807) is 24.4 Å². The molecule has 1 aliphatic heterocycles. The zero-order chi connectivity index (χ0) is 20.1. The summed E-state index contributed by atoms with van der Waals surface area (Å²) in [6, 6.07) is 8.70. The van der Waals surface area contributed by atoms with Crippen LogP contribution in [0.1, 0.15) is 31.2 Å². The predicted octanol–water partition coefficient (Wildman–Crippen LogP) is 2.50. The average molecular weight is 385 g/mol. The molecule has 0 aliphatic carbocycles. The molecule has 1 saturated heterocycles. The molecular formula is C21H28FN5O. The molecule has 2 N–H and O–H groups in total. The number of anilines is 1. The van der Waals surface area contributed by atoms with Crippen LogP contribution in [-0.2, 0) is 17.8 Å². The second-order valence-electron chi connectivity index (χ2n) is 7.57. The molecule has 3 rings (SSSR count). The average Bonchev–Trinajstić information content (AvgIpc) is 3.17. The van der Waals surface area contributed by atoms with E-state index in [2.05, 4.69) is 14.9 Å². The maximum Gasteiger partial charge on any atom is 0.225 e. The molecule has 1 aromatic heterocycles. The van der Waals surface area contributed by atoms with E-state index in [4.69, 9.17) is 5.73 Å². The van der Waals surface area contributed by atoms with Gasteiger partial charge in [0.2, 0.25) is 5.91 Å². The molecule has 1 amide bonds. The Morgan fingerprint density at radius 3 is 2.93 bits per heavy atom. The number of likely N-dealkylation sites (tertiary alicyclic amines) is 1. The van der Waals surface area contributed by atoms with Crippen molar-refractivity contribution in [2.24, 2.45) is 5.92 Å². The Hall–Kier alpha value is -2.54. The minimum Gasteiger partial charge on any atom is -0.384 e. The molecule has 28 heavy (non-hydrogen) atoms. The molecule has 2 aromatic rings. The molecule has 7 heteroatoms. The molecule has 150 valence electrons. The number of hydrogen-bond acceptors (Lipinski definition) is 5. The summed E-state index contributed by atoms with van der Waals surface area (Å²) in [6.45, 7) is 3.97. The lowest BCUT2D eigenvalue weighted by Gasteiger charge is -2.25. The van der Waals surface area contributed by atoms with Gasteiger partial charge in [0.25, 0.3) is 0 Å². The van der Waals surface area contributed by atoms with Crippen LogP contribution in [0.15, 0.2) is 36.5 Å². The van der Waals surface area contributed by atoms with Crippen molar-refractivity contribution in [1.82, 2.24) is 19.8 Å². The Bertz CT molecular complexity index is 815. The first-order chi connectivity index (χ1) is 13.4. The first-order valence-electron chi connectivity index (χ1n) is 9.74. The number of likely N-dealkylation sites (N-methyl/N-ethyl adjacent to an activating group) is 1. The maximum atomic E-state index is 13.8. The van der Waals surface area contributed by atoms with Crippen LogP contribution in [0.25, 0.3) is 0 Å². The number of amides is 1. The summed E-state index contributed by atoms with van der Waals surface area (Å²) in [5, 5.41) is 0. The van der Waals surface area contributed by atoms with Gasteiger partial charge >= 0.3 is 0 Å². The van der Waals surface area contributed by atoms with Gasteiger partial charge in [-0.3, -0.25) is 9.69 Å². The van der Waals surface area contributed by atoms with Gasteiger partial charge in [-0.15, -0.1) is 0 Å². The number of hydrogen-bond donors (Lipinski definition) is 1. The lowest BCUT2D eigenvalue weighted by Crippen LogP contribution is -2.38. The van der Waals surface area contributed by atoms with Crippen LogP contribution in [0, 0.1) is 11.7 Å². The molecule has 1 aliphatic rings. The molecule has 0 saturated carbocycles. The number of halogens is 1. The summed E-state index contributed by atoms with van der Waals surface area (Å²) in [4.78, 5) is 25.4. The normalized spacial score (nSPS) is 17.9. The molecule has 1 aromatic carbocycles. The number of rotatable bonds is 7. The number of aryl methyl sites for hydroxylation is 1. The fourth-order valence-corrected chi connectivity index (χ4v) is 3.65. The van der Waals surface area contributed by atoms with Gasteiger partial charge in [0.05, 0.1) is 6.54 Å². The molecular weight excluding hydrogens is 357 g/mol. The van der Waals surface area contributed by atoms with Crippen LogP contribution in [0.4, 0.5) is 10.2 Å². The molecule has 0 unspecified atom stereocenters. The summed E-state index contributed by atoms with van der Waals surface area (Å²) in [5.41, 5.74) is 6.39. The van der Waals surface area contributed by atoms with Crippen LogP contribution >= 0.6 is 0 Å². The van der Waals surface area contributed by atoms with E-state index in [0.717, 1.165) is 13.0 Å². The standard InChI is InChI=1S/C21H28FN5O/c1-15(7-8-16-5-3-4-6-18(16)22)21(28)27-12-10-17(13-27)26(2)14-20-24-11-9-19(23)25-20/h3-6,9,11,15,17H,7-8,10,12-14H2,1-2H3,(H2,23,24,25)/t15-,17+/m1/s1. The van der Waals surface area contributed by atoms with Gasteiger partial charge in [-0.25, -0.2) is 14.4 Å². The van der Waals surface area contributed by atoms with E-state index in [-0.39, 0.29) is 23.7 Å². The van der Waals surface area contributed by atoms with E-state index in [1.165, 1.54) is 6.07 Å². The van der Waals surface area contributed by atoms with Gasteiger partial charge in [-0.05, 0) is 44.0 Å². The molecule has 6 nitrogen and oxygen atoms in total. The van der Waals surface area contributed by atoms with E-state index in [9.17, 15) is 9.18 Å². The van der Waals surface area contributed by atoms with Crippen LogP contribution in [0.5, 0.6) is 0 Å². The zero-order valence-electron chi connectivity index (χ0n) is 16.5. The van der Waals surface area contributed by atoms with Crippen LogP contribution in [0.3, 0.4) is 0 Å². The molecule has 0 spiro atoms. The highest BCUT2D eigenvalue weighted by molar-refractivity contribution is 5.78. The Morgan fingerprint density at radius 1 is 1.39 bits per heavy atom. The molecule has 2 heterocycles. The third-order valence-electron chi connectivity index (χ3n) is 5.44. The van der Waals surface area contributed by atoms with Gasteiger partial charge in [-0.1, -0.05) is 25.1 Å². The third-order valence-corrected chi connectivity index (χ3v) is 5.44. The van der Waals surface area contributed by atoms with Crippen molar-refractivity contribution in [1.29, 1.82) is 0 Å². The van der Waals surface area contributed by atoms with E-state index >= 15 is 0 Å². The van der Waals surface area contributed by atoms with Crippen molar-refractivity contribution in [2.45, 2.75) is 38.8 Å². The van der Waals surface area contributed by atoms with Crippen molar-refractivity contribution in [2.75, 3.05) is 25.9 Å². The Morgan fingerprint density at radius 2 is 2.18 bits per heavy atom. The van der Waals surface area contributed by atoms with E-state index < -0.39 is 0 Å². The number of nitrogens with zero attached hydrogens (tertiary/aromatic N) is 4. The summed E-state index contributed by atoms with van der Waals surface area (Å²) >= 11 is 0. The second-order valence-corrected chi connectivity index (χ2v) is 7.57. The topological polar surface area (TPSA) is 75.4 Å². The van der Waals surface area contributed by atoms with Gasteiger partial charge in [0.1, 0.15) is 17.5 Å². The van der Waals surface area contributed by atoms with E-state index in [1.807, 2.05) is 24.9 Å². The smallest absolute Gasteiger partial charge is 0.225 e. The first kappa shape index (κ1) is 20.2. The summed E-state index contributed by atoms with van der Waals surface area (Å²) in [7, 11) is 2.02. The highest BCUT2D eigenvalue weighted by Crippen LogP contribution is 2.21. The Balaban J connectivity index is 1.49. The number of nitrogens with two attached hydrogens (primary N) is 1. The minimum atomic E-state index is -0.200. The zero-order valence-corrected chi connectivity index (χ0v) is 16.5. The van der Waals surface area contributed by atoms with Gasteiger partial charge < -0.3 is 10.6 Å². The summed E-state index contributed by atoms with van der Waals surface area (Å²) in [5.74, 6) is 0.970. The highest BCUT2D eigenvalue weighted by atomic mass is 19.1. The Kier molecular flexibility index (Phi) is 6.57. The monoisotopic (exact) mass is 385 g/mol. The SMILES string of the molecule is C[C@H](CCc1ccccc1F)C(=O)N1CC[C@H](N(C)Cc2nccc(N)n2)C1. The largest absolute Gasteiger partial charge is 0.384 e. The molecule has 0 bridgehead atoms. The second kappa shape index (κ2) is 9.10. The number of nitrogen functional groups attached to an aromatic ring is 1. The van der Waals surface area contributed by atoms with Crippen molar-refractivity contribution in [3.63, 3.8) is 0 Å². The maximum absolute atomic E-state index is 13.8. The van der Waals surface area contributed by atoms with Crippen LogP contribution in [0.2, 0.25) is 0 Å². The highest BCUT2D eigenvalue weighted by Gasteiger charge is 2.31. The molecule has 2 atom stereocenters. The lowest BCUT2D eigenvalue weighted by atomic mass is 9.99.